The van der Waals surface area contributed by atoms with Crippen LogP contribution in [0, 0.1) is 0 Å². The second-order valence-corrected chi connectivity index (χ2v) is 8.31. The summed E-state index contributed by atoms with van der Waals surface area (Å²) in [4.78, 5) is 5.64. The van der Waals surface area contributed by atoms with Gasteiger partial charge in [-0.15, -0.1) is 0 Å². The SMILES string of the molecule is CCCCCCCCCCCC[C@]1(CO)CC(COC2CCCCO2)=NO1. The fourth-order valence-corrected chi connectivity index (χ4v) is 3.94. The van der Waals surface area contributed by atoms with Crippen molar-refractivity contribution in [1.29, 1.82) is 0 Å². The first-order chi connectivity index (χ1) is 13.3. The largest absolute Gasteiger partial charge is 0.392 e. The summed E-state index contributed by atoms with van der Waals surface area (Å²) in [7, 11) is 0. The molecule has 1 fully saturated rings. The Balaban J connectivity index is 1.50. The third kappa shape index (κ3) is 8.93. The van der Waals surface area contributed by atoms with Crippen LogP contribution in [-0.2, 0) is 14.3 Å². The Morgan fingerprint density at radius 2 is 1.74 bits per heavy atom. The van der Waals surface area contributed by atoms with Crippen LogP contribution in [0.15, 0.2) is 5.16 Å². The normalized spacial score (nSPS) is 25.4. The van der Waals surface area contributed by atoms with Gasteiger partial charge in [-0.3, -0.25) is 0 Å². The van der Waals surface area contributed by atoms with Crippen molar-refractivity contribution in [3.63, 3.8) is 0 Å². The van der Waals surface area contributed by atoms with E-state index in [-0.39, 0.29) is 12.9 Å². The molecule has 5 nitrogen and oxygen atoms in total. The quantitative estimate of drug-likeness (QED) is 0.387. The second kappa shape index (κ2) is 13.5. The van der Waals surface area contributed by atoms with Crippen LogP contribution in [-0.4, -0.2) is 42.5 Å². The van der Waals surface area contributed by atoms with Gasteiger partial charge in [-0.1, -0.05) is 69.9 Å². The third-order valence-electron chi connectivity index (χ3n) is 5.74. The average molecular weight is 384 g/mol. The van der Waals surface area contributed by atoms with E-state index in [2.05, 4.69) is 12.1 Å². The Hall–Kier alpha value is -0.650. The highest BCUT2D eigenvalue weighted by Gasteiger charge is 2.38. The number of rotatable bonds is 15. The van der Waals surface area contributed by atoms with Crippen molar-refractivity contribution in [1.82, 2.24) is 0 Å². The zero-order valence-electron chi connectivity index (χ0n) is 17.4. The number of hydrogen-bond acceptors (Lipinski definition) is 5. The van der Waals surface area contributed by atoms with Crippen molar-refractivity contribution < 1.29 is 19.4 Å². The summed E-state index contributed by atoms with van der Waals surface area (Å²) in [6, 6.07) is 0. The Morgan fingerprint density at radius 3 is 2.37 bits per heavy atom. The van der Waals surface area contributed by atoms with Crippen molar-refractivity contribution in [3.05, 3.63) is 0 Å². The summed E-state index contributed by atoms with van der Waals surface area (Å²) in [5, 5.41) is 14.0. The van der Waals surface area contributed by atoms with Crippen LogP contribution in [0.4, 0.5) is 0 Å². The molecule has 2 atom stereocenters. The first-order valence-electron chi connectivity index (χ1n) is 11.4. The molecule has 0 aliphatic carbocycles. The summed E-state index contributed by atoms with van der Waals surface area (Å²) < 4.78 is 11.4. The molecule has 2 aliphatic rings. The average Bonchev–Trinajstić information content (AvgIpc) is 3.12. The maximum Gasteiger partial charge on any atom is 0.165 e. The molecule has 0 aromatic heterocycles. The topological polar surface area (TPSA) is 60.3 Å². The minimum atomic E-state index is -0.522. The van der Waals surface area contributed by atoms with Gasteiger partial charge in [0, 0.05) is 13.0 Å². The van der Waals surface area contributed by atoms with E-state index < -0.39 is 5.60 Å². The molecule has 0 spiro atoms. The molecular weight excluding hydrogens is 342 g/mol. The van der Waals surface area contributed by atoms with Gasteiger partial charge in [0.2, 0.25) is 0 Å². The van der Waals surface area contributed by atoms with Crippen LogP contribution in [0.5, 0.6) is 0 Å². The summed E-state index contributed by atoms with van der Waals surface area (Å²) in [5.74, 6) is 0. The van der Waals surface area contributed by atoms with E-state index in [1.807, 2.05) is 0 Å². The van der Waals surface area contributed by atoms with Gasteiger partial charge in [0.05, 0.1) is 18.9 Å². The lowest BCUT2D eigenvalue weighted by atomic mass is 9.91. The van der Waals surface area contributed by atoms with Gasteiger partial charge >= 0.3 is 0 Å². The van der Waals surface area contributed by atoms with E-state index in [9.17, 15) is 5.11 Å². The number of aliphatic hydroxyl groups is 1. The third-order valence-corrected chi connectivity index (χ3v) is 5.74. The van der Waals surface area contributed by atoms with Crippen molar-refractivity contribution in [2.45, 2.75) is 115 Å². The Bertz CT molecular complexity index is 409. The highest BCUT2D eigenvalue weighted by Crippen LogP contribution is 2.30. The minimum absolute atomic E-state index is 0.0252. The minimum Gasteiger partial charge on any atom is -0.392 e. The molecule has 1 N–H and O–H groups in total. The van der Waals surface area contributed by atoms with Crippen LogP contribution in [0.25, 0.3) is 0 Å². The monoisotopic (exact) mass is 383 g/mol. The summed E-state index contributed by atoms with van der Waals surface area (Å²) >= 11 is 0. The molecule has 2 rings (SSSR count). The molecule has 27 heavy (non-hydrogen) atoms. The van der Waals surface area contributed by atoms with Crippen LogP contribution in [0.3, 0.4) is 0 Å². The molecule has 5 heteroatoms. The first kappa shape index (κ1) is 22.6. The first-order valence-corrected chi connectivity index (χ1v) is 11.4. The zero-order chi connectivity index (χ0) is 19.2. The molecule has 2 heterocycles. The lowest BCUT2D eigenvalue weighted by molar-refractivity contribution is -0.153. The smallest absolute Gasteiger partial charge is 0.165 e. The Kier molecular flexibility index (Phi) is 11.3. The van der Waals surface area contributed by atoms with Crippen molar-refractivity contribution >= 4 is 5.71 Å². The molecule has 0 bridgehead atoms. The fraction of sp³-hybridized carbons (Fsp3) is 0.955. The number of ether oxygens (including phenoxy) is 2. The second-order valence-electron chi connectivity index (χ2n) is 8.31. The van der Waals surface area contributed by atoms with E-state index in [0.717, 1.165) is 44.4 Å². The molecule has 1 saturated heterocycles. The summed E-state index contributed by atoms with van der Waals surface area (Å²) in [6.45, 7) is 3.52. The number of nitrogens with zero attached hydrogens (tertiary/aromatic N) is 1. The molecule has 0 aromatic carbocycles. The summed E-state index contributed by atoms with van der Waals surface area (Å²) in [5.41, 5.74) is 0.372. The molecule has 2 aliphatic heterocycles. The molecule has 1 unspecified atom stereocenters. The zero-order valence-corrected chi connectivity index (χ0v) is 17.4. The maximum atomic E-state index is 9.83. The highest BCUT2D eigenvalue weighted by molar-refractivity contribution is 5.87. The van der Waals surface area contributed by atoms with E-state index >= 15 is 0 Å². The van der Waals surface area contributed by atoms with Crippen molar-refractivity contribution in [3.8, 4) is 0 Å². The lowest BCUT2D eigenvalue weighted by Crippen LogP contribution is -2.34. The van der Waals surface area contributed by atoms with Gasteiger partial charge in [-0.05, 0) is 32.1 Å². The number of aliphatic hydroxyl groups excluding tert-OH is 1. The van der Waals surface area contributed by atoms with Gasteiger partial charge in [0.15, 0.2) is 11.9 Å². The lowest BCUT2D eigenvalue weighted by Gasteiger charge is -2.24. The van der Waals surface area contributed by atoms with Crippen molar-refractivity contribution in [2.75, 3.05) is 19.8 Å². The number of unbranched alkanes of at least 4 members (excludes halogenated alkanes) is 9. The van der Waals surface area contributed by atoms with Crippen LogP contribution in [0.1, 0.15) is 103 Å². The van der Waals surface area contributed by atoms with Crippen LogP contribution < -0.4 is 0 Å². The van der Waals surface area contributed by atoms with Crippen LogP contribution in [0.2, 0.25) is 0 Å². The Labute approximate surface area is 165 Å². The van der Waals surface area contributed by atoms with Gasteiger partial charge < -0.3 is 19.4 Å². The molecule has 0 radical (unpaired) electrons. The van der Waals surface area contributed by atoms with Crippen LogP contribution >= 0.6 is 0 Å². The fourth-order valence-electron chi connectivity index (χ4n) is 3.94. The van der Waals surface area contributed by atoms with E-state index in [1.54, 1.807) is 0 Å². The molecule has 158 valence electrons. The van der Waals surface area contributed by atoms with E-state index in [4.69, 9.17) is 14.3 Å². The molecule has 0 aromatic rings. The van der Waals surface area contributed by atoms with Gasteiger partial charge in [-0.2, -0.15) is 0 Å². The molecular formula is C22H41NO4. The standard InChI is InChI=1S/C22H41NO4/c1-2-3-4-5-6-7-8-9-10-12-15-22(19-24)17-20(23-27-22)18-26-21-14-11-13-16-25-21/h21,24H,2-19H2,1H3/t21?,22-/m1/s1. The molecule has 0 amide bonds. The van der Waals surface area contributed by atoms with E-state index in [0.29, 0.717) is 13.0 Å². The number of hydrogen-bond donors (Lipinski definition) is 1. The van der Waals surface area contributed by atoms with Gasteiger partial charge in [0.1, 0.15) is 0 Å². The van der Waals surface area contributed by atoms with E-state index in [1.165, 1.54) is 57.8 Å². The summed E-state index contributed by atoms with van der Waals surface area (Å²) in [6.07, 6.45) is 17.8. The van der Waals surface area contributed by atoms with Gasteiger partial charge in [-0.25, -0.2) is 0 Å². The molecule has 0 saturated carbocycles. The number of oxime groups is 1. The maximum absolute atomic E-state index is 9.83. The predicted octanol–water partition coefficient (Wildman–Crippen LogP) is 5.35. The Morgan fingerprint density at radius 1 is 1.04 bits per heavy atom. The van der Waals surface area contributed by atoms with Crippen molar-refractivity contribution in [2.24, 2.45) is 5.16 Å². The van der Waals surface area contributed by atoms with Gasteiger partial charge in [0.25, 0.3) is 0 Å². The predicted molar refractivity (Wildman–Crippen MR) is 109 cm³/mol. The highest BCUT2D eigenvalue weighted by atomic mass is 16.7.